The molecule has 2 bridgehead atoms. The van der Waals surface area contributed by atoms with Gasteiger partial charge in [0.1, 0.15) is 5.54 Å². The Morgan fingerprint density at radius 3 is 2.77 bits per heavy atom. The molecule has 3 atom stereocenters. The lowest BCUT2D eigenvalue weighted by Crippen LogP contribution is -2.70. The van der Waals surface area contributed by atoms with Crippen LogP contribution < -0.4 is 5.32 Å². The predicted octanol–water partition coefficient (Wildman–Crippen LogP) is 4.02. The molecule has 1 aliphatic heterocycles. The Kier molecular flexibility index (Phi) is 4.20. The van der Waals surface area contributed by atoms with Gasteiger partial charge in [0, 0.05) is 43.9 Å². The van der Waals surface area contributed by atoms with Gasteiger partial charge in [-0.3, -0.25) is 4.68 Å². The van der Waals surface area contributed by atoms with Crippen LogP contribution >= 0.6 is 0 Å². The van der Waals surface area contributed by atoms with Crippen molar-refractivity contribution in [3.63, 3.8) is 0 Å². The Hall–Kier alpha value is -3.16. The van der Waals surface area contributed by atoms with Crippen LogP contribution in [0, 0.1) is 19.8 Å². The van der Waals surface area contributed by atoms with Crippen LogP contribution in [-0.2, 0) is 12.6 Å². The molecule has 0 spiro atoms. The number of hydrogen-bond donors (Lipinski definition) is 1. The van der Waals surface area contributed by atoms with Gasteiger partial charge in [0.2, 0.25) is 11.8 Å². The molecular weight excluding hydrogens is 380 g/mol. The maximum atomic E-state index is 13.3. The molecule has 3 aromatic rings. The summed E-state index contributed by atoms with van der Waals surface area (Å²) in [5, 5.41) is 15.9. The van der Waals surface area contributed by atoms with Crippen molar-refractivity contribution in [1.29, 1.82) is 0 Å². The first-order valence-corrected chi connectivity index (χ1v) is 10.4. The summed E-state index contributed by atoms with van der Waals surface area (Å²) in [4.78, 5) is 15.3. The van der Waals surface area contributed by atoms with Crippen LogP contribution in [-0.4, -0.2) is 37.0 Å². The zero-order chi connectivity index (χ0) is 21.0. The Balaban J connectivity index is 1.43. The molecular formula is C22H26N6O2. The van der Waals surface area contributed by atoms with Crippen molar-refractivity contribution < 1.29 is 9.21 Å². The van der Waals surface area contributed by atoms with Crippen molar-refractivity contribution in [2.75, 3.05) is 5.32 Å². The van der Waals surface area contributed by atoms with E-state index in [1.165, 1.54) is 0 Å². The van der Waals surface area contributed by atoms with Crippen LogP contribution in [0.2, 0.25) is 0 Å². The summed E-state index contributed by atoms with van der Waals surface area (Å²) in [6.45, 7) is 6.05. The van der Waals surface area contributed by atoms with Crippen molar-refractivity contribution in [1.82, 2.24) is 24.9 Å². The monoisotopic (exact) mass is 406 g/mol. The van der Waals surface area contributed by atoms with Crippen LogP contribution in [0.1, 0.15) is 43.5 Å². The highest BCUT2D eigenvalue weighted by Gasteiger charge is 2.62. The number of carbonyl (C=O) groups excluding carboxylic acids is 1. The highest BCUT2D eigenvalue weighted by atomic mass is 16.4. The topological polar surface area (TPSA) is 89.1 Å². The second kappa shape index (κ2) is 6.68. The number of hydrogen-bond acceptors (Lipinski definition) is 5. The van der Waals surface area contributed by atoms with Crippen LogP contribution in [0.4, 0.5) is 10.5 Å². The molecule has 2 fully saturated rings. The second-order valence-electron chi connectivity index (χ2n) is 8.77. The van der Waals surface area contributed by atoms with E-state index in [0.29, 0.717) is 17.7 Å². The fourth-order valence-corrected chi connectivity index (χ4v) is 5.15. The first kappa shape index (κ1) is 18.8. The molecule has 5 rings (SSSR count). The minimum absolute atomic E-state index is 0.121. The fraction of sp³-hybridized carbons (Fsp3) is 0.455. The van der Waals surface area contributed by atoms with E-state index < -0.39 is 5.54 Å². The van der Waals surface area contributed by atoms with E-state index in [4.69, 9.17) is 4.42 Å². The lowest BCUT2D eigenvalue weighted by atomic mass is 9.64. The Bertz CT molecular complexity index is 1120. The SMILES string of the molecule is Cc1nnc(C23C[C@@H](C)C[C@H](C2)N3C(=O)Nc2ccc(C)c(-c3ccn(C)n3)c2)o1. The van der Waals surface area contributed by atoms with Gasteiger partial charge in [0.05, 0.1) is 5.69 Å². The van der Waals surface area contributed by atoms with Gasteiger partial charge in [-0.25, -0.2) is 4.79 Å². The maximum Gasteiger partial charge on any atom is 0.323 e. The first-order valence-electron chi connectivity index (χ1n) is 10.4. The molecule has 1 N–H and O–H groups in total. The molecule has 30 heavy (non-hydrogen) atoms. The normalized spacial score (nSPS) is 25.1. The molecule has 2 amide bonds. The highest BCUT2D eigenvalue weighted by molar-refractivity contribution is 5.92. The minimum atomic E-state index is -0.498. The number of amides is 2. The average molecular weight is 406 g/mol. The van der Waals surface area contributed by atoms with Gasteiger partial charge in [0.25, 0.3) is 0 Å². The molecule has 1 saturated carbocycles. The van der Waals surface area contributed by atoms with E-state index >= 15 is 0 Å². The van der Waals surface area contributed by atoms with E-state index in [2.05, 4.69) is 27.5 Å². The molecule has 8 heteroatoms. The largest absolute Gasteiger partial charge is 0.423 e. The predicted molar refractivity (Wildman–Crippen MR) is 112 cm³/mol. The molecule has 1 aliphatic carbocycles. The summed E-state index contributed by atoms with van der Waals surface area (Å²) in [5.41, 5.74) is 3.26. The number of rotatable bonds is 3. The smallest absolute Gasteiger partial charge is 0.323 e. The number of aromatic nitrogens is 4. The number of piperidine rings is 1. The Labute approximate surface area is 175 Å². The number of anilines is 1. The molecule has 0 radical (unpaired) electrons. The van der Waals surface area contributed by atoms with Gasteiger partial charge < -0.3 is 14.6 Å². The summed E-state index contributed by atoms with van der Waals surface area (Å²) >= 11 is 0. The van der Waals surface area contributed by atoms with E-state index in [1.54, 1.807) is 11.6 Å². The number of carbonyl (C=O) groups is 1. The Morgan fingerprint density at radius 2 is 2.07 bits per heavy atom. The summed E-state index contributed by atoms with van der Waals surface area (Å²) < 4.78 is 7.56. The van der Waals surface area contributed by atoms with Gasteiger partial charge in [-0.15, -0.1) is 10.2 Å². The van der Waals surface area contributed by atoms with E-state index in [0.717, 1.165) is 41.8 Å². The fourth-order valence-electron chi connectivity index (χ4n) is 5.15. The lowest BCUT2D eigenvalue weighted by Gasteiger charge is -2.61. The van der Waals surface area contributed by atoms with Gasteiger partial charge >= 0.3 is 6.03 Å². The zero-order valence-electron chi connectivity index (χ0n) is 17.7. The molecule has 2 aromatic heterocycles. The quantitative estimate of drug-likeness (QED) is 0.710. The number of nitrogens with one attached hydrogen (secondary N) is 1. The van der Waals surface area contributed by atoms with E-state index in [1.807, 2.05) is 49.3 Å². The minimum Gasteiger partial charge on any atom is -0.423 e. The summed E-state index contributed by atoms with van der Waals surface area (Å²) in [5.74, 6) is 1.59. The maximum absolute atomic E-state index is 13.3. The van der Waals surface area contributed by atoms with Crippen molar-refractivity contribution in [3.8, 4) is 11.3 Å². The first-order chi connectivity index (χ1) is 14.4. The molecule has 8 nitrogen and oxygen atoms in total. The van der Waals surface area contributed by atoms with Gasteiger partial charge in [-0.1, -0.05) is 13.0 Å². The van der Waals surface area contributed by atoms with E-state index in [9.17, 15) is 4.79 Å². The van der Waals surface area contributed by atoms with Crippen molar-refractivity contribution in [3.05, 3.63) is 47.8 Å². The van der Waals surface area contributed by atoms with E-state index in [-0.39, 0.29) is 12.1 Å². The summed E-state index contributed by atoms with van der Waals surface area (Å²) in [6.07, 6.45) is 4.62. The second-order valence-corrected chi connectivity index (χ2v) is 8.77. The molecule has 1 aromatic carbocycles. The van der Waals surface area contributed by atoms with Crippen LogP contribution in [0.5, 0.6) is 0 Å². The van der Waals surface area contributed by atoms with Crippen molar-refractivity contribution >= 4 is 11.7 Å². The number of likely N-dealkylation sites (tertiary alicyclic amines) is 1. The number of urea groups is 1. The molecule has 2 aliphatic rings. The van der Waals surface area contributed by atoms with Crippen molar-refractivity contribution in [2.24, 2.45) is 13.0 Å². The summed E-state index contributed by atoms with van der Waals surface area (Å²) in [7, 11) is 1.90. The number of nitrogens with zero attached hydrogens (tertiary/aromatic N) is 5. The lowest BCUT2D eigenvalue weighted by molar-refractivity contribution is -0.110. The molecule has 1 saturated heterocycles. The van der Waals surface area contributed by atoms with Gasteiger partial charge in [-0.05, 0) is 49.4 Å². The van der Waals surface area contributed by atoms with Crippen LogP contribution in [0.25, 0.3) is 11.3 Å². The Morgan fingerprint density at radius 1 is 1.23 bits per heavy atom. The van der Waals surface area contributed by atoms with Crippen LogP contribution in [0.15, 0.2) is 34.9 Å². The van der Waals surface area contributed by atoms with Gasteiger partial charge in [-0.2, -0.15) is 5.10 Å². The third-order valence-corrected chi connectivity index (χ3v) is 6.38. The number of fused-ring (bicyclic) bond motifs is 2. The highest BCUT2D eigenvalue weighted by Crippen LogP contribution is 2.55. The molecule has 156 valence electrons. The van der Waals surface area contributed by atoms with Gasteiger partial charge in [0.15, 0.2) is 0 Å². The third kappa shape index (κ3) is 2.89. The molecule has 1 unspecified atom stereocenters. The van der Waals surface area contributed by atoms with Crippen LogP contribution in [0.3, 0.4) is 0 Å². The molecule has 3 heterocycles. The number of aryl methyl sites for hydroxylation is 3. The standard InChI is InChI=1S/C22H26N6O2/c1-13-9-17-12-22(11-13,20-25-24-15(3)30-20)28(17)21(29)23-16-6-5-14(2)18(10-16)19-7-8-27(4)26-19/h5-8,10,13,17H,9,11-12H2,1-4H3,(H,23,29)/t13-,17+,22?/m0/s1. The average Bonchev–Trinajstić information content (AvgIpc) is 3.31. The summed E-state index contributed by atoms with van der Waals surface area (Å²) in [6, 6.07) is 7.97. The third-order valence-electron chi connectivity index (χ3n) is 6.38. The zero-order valence-corrected chi connectivity index (χ0v) is 17.7. The van der Waals surface area contributed by atoms with Crippen molar-refractivity contribution in [2.45, 2.75) is 51.6 Å². The number of benzene rings is 1.